The predicted octanol–water partition coefficient (Wildman–Crippen LogP) is 2.28. The summed E-state index contributed by atoms with van der Waals surface area (Å²) in [5.41, 5.74) is 0.669. The number of benzene rings is 1. The van der Waals surface area contributed by atoms with E-state index in [9.17, 15) is 4.79 Å². The minimum Gasteiger partial charge on any atom is -0.370 e. The fourth-order valence-corrected chi connectivity index (χ4v) is 2.36. The molecule has 88 valence electrons. The predicted molar refractivity (Wildman–Crippen MR) is 66.1 cm³/mol. The summed E-state index contributed by atoms with van der Waals surface area (Å²) in [6.07, 6.45) is 0. The summed E-state index contributed by atoms with van der Waals surface area (Å²) >= 11 is 7.14. The Bertz CT molecular complexity index is 487. The summed E-state index contributed by atoms with van der Waals surface area (Å²) in [4.78, 5) is 14.0. The molecule has 0 N–H and O–H groups in total. The Balaban J connectivity index is 2.26. The van der Waals surface area contributed by atoms with Crippen LogP contribution in [0.25, 0.3) is 0 Å². The summed E-state index contributed by atoms with van der Waals surface area (Å²) in [7, 11) is 0. The van der Waals surface area contributed by atoms with E-state index in [1.807, 2.05) is 5.40 Å². The molecule has 1 aromatic carbocycles. The van der Waals surface area contributed by atoms with Crippen LogP contribution < -0.4 is 4.90 Å². The monoisotopic (exact) mass is 268 g/mol. The number of nitrogens with zero attached hydrogens (tertiary/aromatic N) is 2. The number of amides is 1. The van der Waals surface area contributed by atoms with Crippen LogP contribution in [-0.4, -0.2) is 25.7 Å². The highest BCUT2D eigenvalue weighted by Crippen LogP contribution is 2.31. The van der Waals surface area contributed by atoms with E-state index in [-0.39, 0.29) is 12.5 Å². The number of rotatable bonds is 2. The minimum absolute atomic E-state index is 0.0883. The first-order chi connectivity index (χ1) is 8.22. The standard InChI is InChI=1S/C11H9ClN2O2S/c12-9-5-8(17-7-13)1-2-10(9)14-3-4-16-6-11(14)15/h1-2,5H,3-4,6H2. The van der Waals surface area contributed by atoms with E-state index < -0.39 is 0 Å². The average molecular weight is 269 g/mol. The van der Waals surface area contributed by atoms with Crippen LogP contribution in [0.2, 0.25) is 5.02 Å². The van der Waals surface area contributed by atoms with Crippen LogP contribution in [-0.2, 0) is 9.53 Å². The zero-order valence-corrected chi connectivity index (χ0v) is 10.4. The summed E-state index contributed by atoms with van der Waals surface area (Å²) < 4.78 is 5.05. The van der Waals surface area contributed by atoms with Gasteiger partial charge in [0.2, 0.25) is 0 Å². The number of ether oxygens (including phenoxy) is 1. The highest BCUT2D eigenvalue weighted by atomic mass is 35.5. The molecule has 1 amide bonds. The van der Waals surface area contributed by atoms with Crippen LogP contribution in [0.3, 0.4) is 0 Å². The van der Waals surface area contributed by atoms with Crippen molar-refractivity contribution in [2.24, 2.45) is 0 Å². The number of nitriles is 1. The van der Waals surface area contributed by atoms with Gasteiger partial charge in [0.1, 0.15) is 12.0 Å². The highest BCUT2D eigenvalue weighted by molar-refractivity contribution is 8.03. The first kappa shape index (κ1) is 12.2. The zero-order valence-electron chi connectivity index (χ0n) is 8.85. The second-order valence-corrected chi connectivity index (χ2v) is 4.67. The molecule has 0 atom stereocenters. The molecule has 1 heterocycles. The first-order valence-electron chi connectivity index (χ1n) is 4.96. The minimum atomic E-state index is -0.0983. The number of carbonyl (C=O) groups is 1. The van der Waals surface area contributed by atoms with Crippen molar-refractivity contribution in [2.45, 2.75) is 4.90 Å². The van der Waals surface area contributed by atoms with Gasteiger partial charge in [0.15, 0.2) is 0 Å². The summed E-state index contributed by atoms with van der Waals surface area (Å²) in [6.45, 7) is 1.10. The number of morpholine rings is 1. The number of anilines is 1. The lowest BCUT2D eigenvalue weighted by atomic mass is 10.2. The Hall–Kier alpha value is -1.22. The van der Waals surface area contributed by atoms with Crippen molar-refractivity contribution in [3.63, 3.8) is 0 Å². The Kier molecular flexibility index (Phi) is 3.89. The number of hydrogen-bond donors (Lipinski definition) is 0. The molecule has 0 aromatic heterocycles. The van der Waals surface area contributed by atoms with Gasteiger partial charge in [0.25, 0.3) is 5.91 Å². The molecule has 6 heteroatoms. The Morgan fingerprint density at radius 1 is 1.53 bits per heavy atom. The quantitative estimate of drug-likeness (QED) is 0.610. The normalized spacial score (nSPS) is 15.8. The summed E-state index contributed by atoms with van der Waals surface area (Å²) in [5.74, 6) is -0.0983. The molecule has 0 spiro atoms. The van der Waals surface area contributed by atoms with Crippen molar-refractivity contribution >= 4 is 35.0 Å². The van der Waals surface area contributed by atoms with Crippen LogP contribution >= 0.6 is 23.4 Å². The van der Waals surface area contributed by atoms with Gasteiger partial charge >= 0.3 is 0 Å². The van der Waals surface area contributed by atoms with E-state index >= 15 is 0 Å². The smallest absolute Gasteiger partial charge is 0.253 e. The molecule has 1 aromatic rings. The van der Waals surface area contributed by atoms with Crippen LogP contribution in [0, 0.1) is 10.7 Å². The van der Waals surface area contributed by atoms with E-state index in [0.29, 0.717) is 23.9 Å². The van der Waals surface area contributed by atoms with Crippen molar-refractivity contribution in [1.82, 2.24) is 0 Å². The fraction of sp³-hybridized carbons (Fsp3) is 0.273. The van der Waals surface area contributed by atoms with E-state index in [1.54, 1.807) is 23.1 Å². The van der Waals surface area contributed by atoms with Crippen molar-refractivity contribution in [1.29, 1.82) is 5.26 Å². The number of thiocyanates is 1. The lowest BCUT2D eigenvalue weighted by molar-refractivity contribution is -0.125. The topological polar surface area (TPSA) is 53.3 Å². The molecule has 0 unspecified atom stereocenters. The summed E-state index contributed by atoms with van der Waals surface area (Å²) in [6, 6.07) is 5.22. The molecule has 0 bridgehead atoms. The van der Waals surface area contributed by atoms with Crippen LogP contribution in [0.1, 0.15) is 0 Å². The van der Waals surface area contributed by atoms with Gasteiger partial charge in [-0.1, -0.05) is 11.6 Å². The van der Waals surface area contributed by atoms with Gasteiger partial charge in [-0.05, 0) is 30.0 Å². The molecule has 1 aliphatic heterocycles. The second kappa shape index (κ2) is 5.41. The molecule has 1 saturated heterocycles. The fourth-order valence-electron chi connectivity index (χ4n) is 1.60. The van der Waals surface area contributed by atoms with E-state index in [0.717, 1.165) is 16.7 Å². The number of thioether (sulfide) groups is 1. The van der Waals surface area contributed by atoms with Gasteiger partial charge in [-0.3, -0.25) is 4.79 Å². The van der Waals surface area contributed by atoms with Crippen molar-refractivity contribution in [3.8, 4) is 5.40 Å². The van der Waals surface area contributed by atoms with Crippen LogP contribution in [0.4, 0.5) is 5.69 Å². The molecule has 1 fully saturated rings. The molecule has 17 heavy (non-hydrogen) atoms. The average Bonchev–Trinajstić information content (AvgIpc) is 2.31. The first-order valence-corrected chi connectivity index (χ1v) is 6.15. The zero-order chi connectivity index (χ0) is 12.3. The molecular formula is C11H9ClN2O2S. The Morgan fingerprint density at radius 3 is 3.00 bits per heavy atom. The third-order valence-electron chi connectivity index (χ3n) is 2.36. The molecular weight excluding hydrogens is 260 g/mol. The van der Waals surface area contributed by atoms with Gasteiger partial charge in [-0.15, -0.1) is 0 Å². The SMILES string of the molecule is N#CSc1ccc(N2CCOCC2=O)c(Cl)c1. The summed E-state index contributed by atoms with van der Waals surface area (Å²) in [5, 5.41) is 11.0. The van der Waals surface area contributed by atoms with Crippen molar-refractivity contribution < 1.29 is 9.53 Å². The third-order valence-corrected chi connectivity index (χ3v) is 3.24. The number of carbonyl (C=O) groups excluding carboxylic acids is 1. The van der Waals surface area contributed by atoms with Crippen LogP contribution in [0.15, 0.2) is 23.1 Å². The molecule has 4 nitrogen and oxygen atoms in total. The third kappa shape index (κ3) is 2.72. The van der Waals surface area contributed by atoms with Crippen molar-refractivity contribution in [2.75, 3.05) is 24.7 Å². The number of hydrogen-bond acceptors (Lipinski definition) is 4. The Morgan fingerprint density at radius 2 is 2.35 bits per heavy atom. The van der Waals surface area contributed by atoms with E-state index in [1.165, 1.54) is 0 Å². The largest absolute Gasteiger partial charge is 0.370 e. The maximum Gasteiger partial charge on any atom is 0.253 e. The lowest BCUT2D eigenvalue weighted by Gasteiger charge is -2.27. The van der Waals surface area contributed by atoms with Gasteiger partial charge in [-0.2, -0.15) is 5.26 Å². The van der Waals surface area contributed by atoms with E-state index in [4.69, 9.17) is 21.6 Å². The van der Waals surface area contributed by atoms with Gasteiger partial charge in [0.05, 0.1) is 17.3 Å². The molecule has 1 aliphatic rings. The maximum atomic E-state index is 11.6. The maximum absolute atomic E-state index is 11.6. The molecule has 0 saturated carbocycles. The van der Waals surface area contributed by atoms with Gasteiger partial charge in [0, 0.05) is 11.4 Å². The highest BCUT2D eigenvalue weighted by Gasteiger charge is 2.22. The van der Waals surface area contributed by atoms with Gasteiger partial charge in [-0.25, -0.2) is 0 Å². The number of halogens is 1. The molecule has 0 aliphatic carbocycles. The molecule has 0 radical (unpaired) electrons. The second-order valence-electron chi connectivity index (χ2n) is 3.40. The Labute approximate surface area is 108 Å². The molecule has 2 rings (SSSR count). The van der Waals surface area contributed by atoms with E-state index in [2.05, 4.69) is 0 Å². The van der Waals surface area contributed by atoms with Gasteiger partial charge < -0.3 is 9.64 Å². The lowest BCUT2D eigenvalue weighted by Crippen LogP contribution is -2.41. The van der Waals surface area contributed by atoms with Crippen LogP contribution in [0.5, 0.6) is 0 Å². The van der Waals surface area contributed by atoms with Crippen molar-refractivity contribution in [3.05, 3.63) is 23.2 Å².